The second kappa shape index (κ2) is 12.4. The maximum atomic E-state index is 12.5. The Morgan fingerprint density at radius 1 is 0.951 bits per heavy atom. The van der Waals surface area contributed by atoms with Crippen molar-refractivity contribution in [1.82, 2.24) is 4.98 Å². The van der Waals surface area contributed by atoms with Crippen LogP contribution in [0.3, 0.4) is 0 Å². The molecule has 1 N–H and O–H groups in total. The zero-order chi connectivity index (χ0) is 29.6. The summed E-state index contributed by atoms with van der Waals surface area (Å²) in [4.78, 5) is 17.1. The number of methoxy groups -OCH3 is 1. The number of rotatable bonds is 9. The Labute approximate surface area is 241 Å². The third-order valence-electron chi connectivity index (χ3n) is 6.34. The number of esters is 1. The van der Waals surface area contributed by atoms with E-state index in [9.17, 15) is 13.2 Å². The van der Waals surface area contributed by atoms with Crippen LogP contribution in [0.1, 0.15) is 53.4 Å². The highest BCUT2D eigenvalue weighted by Gasteiger charge is 2.18. The quantitative estimate of drug-likeness (QED) is 0.173. The van der Waals surface area contributed by atoms with Gasteiger partial charge in [-0.15, -0.1) is 0 Å². The lowest BCUT2D eigenvalue weighted by atomic mass is 9.84. The number of sulfonamides is 1. The summed E-state index contributed by atoms with van der Waals surface area (Å²) in [6.45, 7) is 6.85. The summed E-state index contributed by atoms with van der Waals surface area (Å²) in [6.07, 6.45) is 6.51. The van der Waals surface area contributed by atoms with Gasteiger partial charge in [-0.3, -0.25) is 4.72 Å². The van der Waals surface area contributed by atoms with E-state index in [0.29, 0.717) is 18.1 Å². The summed E-state index contributed by atoms with van der Waals surface area (Å²) in [5.74, 6) is -0.0271. The van der Waals surface area contributed by atoms with Gasteiger partial charge in [0.1, 0.15) is 6.61 Å². The van der Waals surface area contributed by atoms with E-state index in [4.69, 9.17) is 9.47 Å². The molecule has 4 rings (SSSR count). The van der Waals surface area contributed by atoms with Crippen LogP contribution in [-0.4, -0.2) is 32.7 Å². The topological polar surface area (TPSA) is 94.6 Å². The maximum Gasteiger partial charge on any atom is 0.338 e. The smallest absolute Gasteiger partial charge is 0.338 e. The monoisotopic (exact) mass is 570 g/mol. The van der Waals surface area contributed by atoms with Gasteiger partial charge >= 0.3 is 5.97 Å². The maximum absolute atomic E-state index is 12.5. The number of nitrogens with one attached hydrogen (secondary N) is 1. The van der Waals surface area contributed by atoms with Crippen LogP contribution in [0.25, 0.3) is 23.3 Å². The van der Waals surface area contributed by atoms with E-state index in [0.717, 1.165) is 34.1 Å². The minimum absolute atomic E-state index is 0.137. The van der Waals surface area contributed by atoms with Crippen LogP contribution >= 0.6 is 0 Å². The zero-order valence-corrected chi connectivity index (χ0v) is 24.7. The molecule has 7 nitrogen and oxygen atoms in total. The first-order valence-electron chi connectivity index (χ1n) is 13.1. The third kappa shape index (κ3) is 8.05. The molecular formula is C33H34N2O5S. The SMILES string of the molecule is COC(=O)c1cc(NS(C)(=O)=O)ccc1/C=C/c1cc(-c2cccnc2OCc2ccccc2)cc(C(C)(C)C)c1. The Morgan fingerprint density at radius 2 is 1.71 bits per heavy atom. The summed E-state index contributed by atoms with van der Waals surface area (Å²) < 4.78 is 36.9. The minimum atomic E-state index is -3.50. The van der Waals surface area contributed by atoms with E-state index in [1.807, 2.05) is 54.6 Å². The van der Waals surface area contributed by atoms with Crippen molar-refractivity contribution in [2.24, 2.45) is 0 Å². The molecule has 0 amide bonds. The number of benzene rings is 3. The lowest BCUT2D eigenvalue weighted by Crippen LogP contribution is -2.11. The van der Waals surface area contributed by atoms with Crippen molar-refractivity contribution in [1.29, 1.82) is 0 Å². The Hall–Kier alpha value is -4.43. The average molecular weight is 571 g/mol. The summed E-state index contributed by atoms with van der Waals surface area (Å²) in [5, 5.41) is 0. The van der Waals surface area contributed by atoms with Gasteiger partial charge < -0.3 is 9.47 Å². The molecule has 0 aliphatic carbocycles. The van der Waals surface area contributed by atoms with E-state index in [-0.39, 0.29) is 16.7 Å². The lowest BCUT2D eigenvalue weighted by Gasteiger charge is -2.21. The van der Waals surface area contributed by atoms with Gasteiger partial charge in [-0.2, -0.15) is 0 Å². The summed E-state index contributed by atoms with van der Waals surface area (Å²) >= 11 is 0. The molecule has 0 unspecified atom stereocenters. The summed E-state index contributed by atoms with van der Waals surface area (Å²) in [5.41, 5.74) is 5.89. The second-order valence-electron chi connectivity index (χ2n) is 10.7. The molecule has 0 atom stereocenters. The Balaban J connectivity index is 1.73. The van der Waals surface area contributed by atoms with Crippen molar-refractivity contribution in [2.45, 2.75) is 32.8 Å². The van der Waals surface area contributed by atoms with Crippen molar-refractivity contribution >= 4 is 33.8 Å². The Kier molecular flexibility index (Phi) is 8.93. The fraction of sp³-hybridized carbons (Fsp3) is 0.212. The highest BCUT2D eigenvalue weighted by Crippen LogP contribution is 2.34. The van der Waals surface area contributed by atoms with Gasteiger partial charge in [-0.05, 0) is 63.6 Å². The van der Waals surface area contributed by atoms with Crippen LogP contribution in [0, 0.1) is 0 Å². The highest BCUT2D eigenvalue weighted by atomic mass is 32.2. The molecule has 4 aromatic rings. The number of hydrogen-bond acceptors (Lipinski definition) is 6. The largest absolute Gasteiger partial charge is 0.472 e. The summed E-state index contributed by atoms with van der Waals surface area (Å²) in [7, 11) is -2.21. The molecule has 0 fully saturated rings. The lowest BCUT2D eigenvalue weighted by molar-refractivity contribution is 0.0600. The van der Waals surface area contributed by atoms with E-state index in [1.165, 1.54) is 13.2 Å². The van der Waals surface area contributed by atoms with Crippen molar-refractivity contribution in [3.8, 4) is 17.0 Å². The first-order valence-corrected chi connectivity index (χ1v) is 15.0. The molecule has 0 radical (unpaired) electrons. The predicted molar refractivity (Wildman–Crippen MR) is 164 cm³/mol. The predicted octanol–water partition coefficient (Wildman–Crippen LogP) is 6.95. The molecule has 0 saturated carbocycles. The van der Waals surface area contributed by atoms with Crippen LogP contribution in [0.5, 0.6) is 5.88 Å². The van der Waals surface area contributed by atoms with Gasteiger partial charge in [0.2, 0.25) is 15.9 Å². The molecule has 0 bridgehead atoms. The van der Waals surface area contributed by atoms with Gasteiger partial charge in [-0.25, -0.2) is 18.2 Å². The number of ether oxygens (including phenoxy) is 2. The van der Waals surface area contributed by atoms with Gasteiger partial charge in [0.25, 0.3) is 0 Å². The van der Waals surface area contributed by atoms with Gasteiger partial charge in [0.15, 0.2) is 0 Å². The number of nitrogens with zero attached hydrogens (tertiary/aromatic N) is 1. The van der Waals surface area contributed by atoms with Crippen LogP contribution < -0.4 is 9.46 Å². The van der Waals surface area contributed by atoms with Gasteiger partial charge in [-0.1, -0.05) is 81.5 Å². The van der Waals surface area contributed by atoms with Gasteiger partial charge in [0, 0.05) is 17.4 Å². The molecule has 41 heavy (non-hydrogen) atoms. The first-order chi connectivity index (χ1) is 19.4. The first kappa shape index (κ1) is 29.6. The fourth-order valence-corrected chi connectivity index (χ4v) is 4.79. The molecule has 0 aliphatic rings. The van der Waals surface area contributed by atoms with Crippen LogP contribution in [0.4, 0.5) is 5.69 Å². The normalized spacial score (nSPS) is 11.8. The van der Waals surface area contributed by atoms with E-state index < -0.39 is 16.0 Å². The standard InChI is InChI=1S/C33H34N2O5S/c1-33(2,3)27-19-24(13-14-25-15-16-28(35-41(5,37)38)21-30(25)32(36)39-4)18-26(20-27)29-12-9-17-34-31(29)40-22-23-10-7-6-8-11-23/h6-21,35H,22H2,1-5H3/b14-13+. The average Bonchev–Trinajstić information content (AvgIpc) is 2.94. The van der Waals surface area contributed by atoms with E-state index in [1.54, 1.807) is 18.3 Å². The van der Waals surface area contributed by atoms with E-state index in [2.05, 4.69) is 48.7 Å². The van der Waals surface area contributed by atoms with Crippen molar-refractivity contribution in [3.63, 3.8) is 0 Å². The highest BCUT2D eigenvalue weighted by molar-refractivity contribution is 7.92. The number of anilines is 1. The van der Waals surface area contributed by atoms with Crippen LogP contribution in [0.15, 0.2) is 85.1 Å². The molecule has 212 valence electrons. The zero-order valence-electron chi connectivity index (χ0n) is 23.8. The number of hydrogen-bond donors (Lipinski definition) is 1. The molecule has 1 aromatic heterocycles. The molecule has 0 saturated heterocycles. The molecular weight excluding hydrogens is 536 g/mol. The molecule has 0 aliphatic heterocycles. The van der Waals surface area contributed by atoms with Crippen LogP contribution in [0.2, 0.25) is 0 Å². The van der Waals surface area contributed by atoms with E-state index >= 15 is 0 Å². The van der Waals surface area contributed by atoms with Crippen LogP contribution in [-0.2, 0) is 26.8 Å². The number of carbonyl (C=O) groups is 1. The minimum Gasteiger partial charge on any atom is -0.472 e. The van der Waals surface area contributed by atoms with Crippen molar-refractivity contribution < 1.29 is 22.7 Å². The molecule has 8 heteroatoms. The Bertz CT molecular complexity index is 1670. The van der Waals surface area contributed by atoms with Gasteiger partial charge in [0.05, 0.1) is 18.9 Å². The molecule has 3 aromatic carbocycles. The number of aromatic nitrogens is 1. The molecule has 0 spiro atoms. The fourth-order valence-electron chi connectivity index (χ4n) is 4.24. The molecule has 1 heterocycles. The van der Waals surface area contributed by atoms with Crippen molar-refractivity contribution in [2.75, 3.05) is 18.1 Å². The Morgan fingerprint density at radius 3 is 2.39 bits per heavy atom. The summed E-state index contributed by atoms with van der Waals surface area (Å²) in [6, 6.07) is 24.9. The second-order valence-corrected chi connectivity index (χ2v) is 12.5. The van der Waals surface area contributed by atoms with Crippen molar-refractivity contribution in [3.05, 3.63) is 113 Å². The third-order valence-corrected chi connectivity index (χ3v) is 6.95. The number of carbonyl (C=O) groups excluding carboxylic acids is 1. The number of pyridine rings is 1.